The van der Waals surface area contributed by atoms with E-state index in [1.165, 1.54) is 40.6 Å². The van der Waals surface area contributed by atoms with Crippen molar-refractivity contribution in [3.8, 4) is 5.75 Å². The first-order valence-electron chi connectivity index (χ1n) is 6.23. The summed E-state index contributed by atoms with van der Waals surface area (Å²) in [6.45, 7) is 0.847. The average Bonchev–Trinajstić information content (AvgIpc) is 2.71. The summed E-state index contributed by atoms with van der Waals surface area (Å²) in [6, 6.07) is 4.44. The van der Waals surface area contributed by atoms with Crippen molar-refractivity contribution in [2.24, 2.45) is 5.41 Å². The summed E-state index contributed by atoms with van der Waals surface area (Å²) >= 11 is 7.31. The molecule has 0 N–H and O–H groups in total. The van der Waals surface area contributed by atoms with Crippen LogP contribution in [0.1, 0.15) is 30.4 Å². The molecular formula is C14H16Br2O. The summed E-state index contributed by atoms with van der Waals surface area (Å²) in [4.78, 5) is 0. The SMILES string of the molecule is BrCC1(Cc2cc(Br)cc3c2OCC3)CCC1. The fourth-order valence-electron chi connectivity index (χ4n) is 2.92. The second kappa shape index (κ2) is 4.58. The molecule has 1 saturated carbocycles. The second-order valence-corrected chi connectivity index (χ2v) is 6.79. The minimum Gasteiger partial charge on any atom is -0.493 e. The van der Waals surface area contributed by atoms with Crippen LogP contribution in [0.5, 0.6) is 5.75 Å². The Morgan fingerprint density at radius 1 is 1.29 bits per heavy atom. The van der Waals surface area contributed by atoms with Crippen molar-refractivity contribution in [3.63, 3.8) is 0 Å². The van der Waals surface area contributed by atoms with E-state index in [-0.39, 0.29) is 0 Å². The maximum Gasteiger partial charge on any atom is 0.125 e. The molecule has 1 aliphatic heterocycles. The van der Waals surface area contributed by atoms with E-state index in [9.17, 15) is 0 Å². The van der Waals surface area contributed by atoms with Crippen LogP contribution < -0.4 is 4.74 Å². The molecule has 17 heavy (non-hydrogen) atoms. The summed E-state index contributed by atoms with van der Waals surface area (Å²) < 4.78 is 7.00. The number of benzene rings is 1. The molecular weight excluding hydrogens is 344 g/mol. The Morgan fingerprint density at radius 3 is 2.76 bits per heavy atom. The Labute approximate surface area is 119 Å². The molecule has 2 aliphatic rings. The third-order valence-electron chi connectivity index (χ3n) is 4.09. The van der Waals surface area contributed by atoms with E-state index in [4.69, 9.17) is 4.74 Å². The van der Waals surface area contributed by atoms with E-state index in [1.54, 1.807) is 0 Å². The molecule has 0 spiro atoms. The molecule has 1 nitrogen and oxygen atoms in total. The third-order valence-corrected chi connectivity index (χ3v) is 5.74. The highest BCUT2D eigenvalue weighted by Gasteiger charge is 2.37. The van der Waals surface area contributed by atoms with Gasteiger partial charge in [0, 0.05) is 16.2 Å². The summed E-state index contributed by atoms with van der Waals surface area (Å²) in [5.41, 5.74) is 3.25. The van der Waals surface area contributed by atoms with Crippen LogP contribution in [0.15, 0.2) is 16.6 Å². The first-order chi connectivity index (χ1) is 8.22. The van der Waals surface area contributed by atoms with Gasteiger partial charge in [-0.25, -0.2) is 0 Å². The monoisotopic (exact) mass is 358 g/mol. The molecule has 1 heterocycles. The second-order valence-electron chi connectivity index (χ2n) is 5.32. The highest BCUT2D eigenvalue weighted by Crippen LogP contribution is 2.47. The van der Waals surface area contributed by atoms with Gasteiger partial charge in [0.05, 0.1) is 6.61 Å². The number of ether oxygens (including phenoxy) is 1. The van der Waals surface area contributed by atoms with Crippen molar-refractivity contribution < 1.29 is 4.74 Å². The lowest BCUT2D eigenvalue weighted by molar-refractivity contribution is 0.168. The summed E-state index contributed by atoms with van der Waals surface area (Å²) in [5, 5.41) is 1.11. The minimum atomic E-state index is 0.487. The van der Waals surface area contributed by atoms with Crippen molar-refractivity contribution in [2.45, 2.75) is 32.1 Å². The van der Waals surface area contributed by atoms with Crippen LogP contribution in [0.3, 0.4) is 0 Å². The fraction of sp³-hybridized carbons (Fsp3) is 0.571. The zero-order valence-corrected chi connectivity index (χ0v) is 12.9. The molecule has 1 fully saturated rings. The van der Waals surface area contributed by atoms with Crippen molar-refractivity contribution >= 4 is 31.9 Å². The van der Waals surface area contributed by atoms with Crippen molar-refractivity contribution in [1.29, 1.82) is 0 Å². The van der Waals surface area contributed by atoms with E-state index in [1.807, 2.05) is 0 Å². The molecule has 3 heteroatoms. The van der Waals surface area contributed by atoms with Gasteiger partial charge in [-0.1, -0.05) is 38.3 Å². The molecule has 0 radical (unpaired) electrons. The van der Waals surface area contributed by atoms with E-state index >= 15 is 0 Å². The van der Waals surface area contributed by atoms with Crippen LogP contribution >= 0.6 is 31.9 Å². The normalized spacial score (nSPS) is 20.6. The van der Waals surface area contributed by atoms with Gasteiger partial charge in [0.15, 0.2) is 0 Å². The van der Waals surface area contributed by atoms with Gasteiger partial charge in [-0.2, -0.15) is 0 Å². The quantitative estimate of drug-likeness (QED) is 0.722. The summed E-state index contributed by atoms with van der Waals surface area (Å²) in [6.07, 6.45) is 6.28. The number of rotatable bonds is 3. The van der Waals surface area contributed by atoms with E-state index in [0.29, 0.717) is 5.41 Å². The van der Waals surface area contributed by atoms with Gasteiger partial charge in [0.2, 0.25) is 0 Å². The van der Waals surface area contributed by atoms with Gasteiger partial charge in [-0.05, 0) is 47.9 Å². The Balaban J connectivity index is 1.92. The maximum atomic E-state index is 5.81. The Hall–Kier alpha value is -0.0200. The largest absolute Gasteiger partial charge is 0.493 e. The highest BCUT2D eigenvalue weighted by atomic mass is 79.9. The van der Waals surface area contributed by atoms with E-state index in [2.05, 4.69) is 44.0 Å². The topological polar surface area (TPSA) is 9.23 Å². The lowest BCUT2D eigenvalue weighted by Crippen LogP contribution is -2.33. The standard InChI is InChI=1S/C14H16Br2O/c15-9-14(3-1-4-14)8-11-7-12(16)6-10-2-5-17-13(10)11/h6-7H,1-5,8-9H2. The maximum absolute atomic E-state index is 5.81. The van der Waals surface area contributed by atoms with Crippen LogP contribution in [-0.4, -0.2) is 11.9 Å². The van der Waals surface area contributed by atoms with Crippen molar-refractivity contribution in [3.05, 3.63) is 27.7 Å². The lowest BCUT2D eigenvalue weighted by atomic mass is 9.67. The van der Waals surface area contributed by atoms with E-state index in [0.717, 1.165) is 24.8 Å². The van der Waals surface area contributed by atoms with Crippen LogP contribution in [0.4, 0.5) is 0 Å². The fourth-order valence-corrected chi connectivity index (χ4v) is 4.23. The molecule has 1 aliphatic carbocycles. The molecule has 0 atom stereocenters. The van der Waals surface area contributed by atoms with Gasteiger partial charge in [0.25, 0.3) is 0 Å². The van der Waals surface area contributed by atoms with Crippen LogP contribution in [0, 0.1) is 5.41 Å². The van der Waals surface area contributed by atoms with Crippen LogP contribution in [0.25, 0.3) is 0 Å². The average molecular weight is 360 g/mol. The predicted octanol–water partition coefficient (Wildman–Crippen LogP) is 4.49. The summed E-state index contributed by atoms with van der Waals surface area (Å²) in [7, 11) is 0. The van der Waals surface area contributed by atoms with Crippen LogP contribution in [0.2, 0.25) is 0 Å². The molecule has 1 aromatic rings. The smallest absolute Gasteiger partial charge is 0.125 e. The number of alkyl halides is 1. The molecule has 0 unspecified atom stereocenters. The van der Waals surface area contributed by atoms with Crippen molar-refractivity contribution in [1.82, 2.24) is 0 Å². The van der Waals surface area contributed by atoms with Crippen LogP contribution in [-0.2, 0) is 12.8 Å². The minimum absolute atomic E-state index is 0.487. The van der Waals surface area contributed by atoms with Gasteiger partial charge < -0.3 is 4.74 Å². The predicted molar refractivity (Wildman–Crippen MR) is 77.1 cm³/mol. The number of fused-ring (bicyclic) bond motifs is 1. The first kappa shape index (κ1) is 12.0. The molecule has 1 aromatic carbocycles. The molecule has 0 amide bonds. The third kappa shape index (κ3) is 2.17. The Kier molecular flexibility index (Phi) is 3.24. The highest BCUT2D eigenvalue weighted by molar-refractivity contribution is 9.10. The number of halogens is 2. The Morgan fingerprint density at radius 2 is 2.12 bits per heavy atom. The van der Waals surface area contributed by atoms with E-state index < -0.39 is 0 Å². The van der Waals surface area contributed by atoms with Crippen molar-refractivity contribution in [2.75, 3.05) is 11.9 Å². The molecule has 3 rings (SSSR count). The molecule has 92 valence electrons. The lowest BCUT2D eigenvalue weighted by Gasteiger charge is -2.41. The zero-order valence-electron chi connectivity index (χ0n) is 9.77. The Bertz CT molecular complexity index is 433. The molecule has 0 aromatic heterocycles. The van der Waals surface area contributed by atoms with Gasteiger partial charge in [-0.15, -0.1) is 0 Å². The summed E-state index contributed by atoms with van der Waals surface area (Å²) in [5.74, 6) is 1.17. The van der Waals surface area contributed by atoms with Gasteiger partial charge in [-0.3, -0.25) is 0 Å². The zero-order chi connectivity index (χ0) is 11.9. The molecule has 0 saturated heterocycles. The molecule has 0 bridgehead atoms. The van der Waals surface area contributed by atoms with Gasteiger partial charge >= 0.3 is 0 Å². The number of hydrogen-bond donors (Lipinski definition) is 0. The van der Waals surface area contributed by atoms with Gasteiger partial charge in [0.1, 0.15) is 5.75 Å². The number of hydrogen-bond acceptors (Lipinski definition) is 1. The first-order valence-corrected chi connectivity index (χ1v) is 8.14.